The normalized spacial score (nSPS) is 14.7. The van der Waals surface area contributed by atoms with Crippen LogP contribution >= 0.6 is 0 Å². The molecule has 0 aliphatic heterocycles. The number of nitrogens with one attached hydrogen (secondary N) is 2. The lowest BCUT2D eigenvalue weighted by Crippen LogP contribution is -2.74. The SMILES string of the molecule is C=C[Si](C[Si](C)(C)C)(N[Si](C)(C)C)N[Si](C)(C)C. The van der Waals surface area contributed by atoms with E-state index in [1.54, 1.807) is 0 Å². The van der Waals surface area contributed by atoms with E-state index >= 15 is 0 Å². The Morgan fingerprint density at radius 3 is 1.28 bits per heavy atom. The first-order valence-corrected chi connectivity index (χ1v) is 19.9. The van der Waals surface area contributed by atoms with Gasteiger partial charge in [-0.25, -0.2) is 0 Å². The molecule has 0 saturated carbocycles. The van der Waals surface area contributed by atoms with Crippen LogP contribution in [0.25, 0.3) is 0 Å². The molecule has 0 amide bonds. The Morgan fingerprint density at radius 2 is 1.11 bits per heavy atom. The van der Waals surface area contributed by atoms with Gasteiger partial charge in [-0.15, -0.1) is 6.58 Å². The second-order valence-electron chi connectivity index (χ2n) is 8.66. The Bertz CT molecular complexity index is 243. The predicted molar refractivity (Wildman–Crippen MR) is 97.1 cm³/mol. The zero-order valence-electron chi connectivity index (χ0n) is 14.0. The number of hydrogen-bond acceptors (Lipinski definition) is 2. The summed E-state index contributed by atoms with van der Waals surface area (Å²) in [6.07, 6.45) is 0. The monoisotopic (exact) mass is 318 g/mol. The highest BCUT2D eigenvalue weighted by Gasteiger charge is 2.41. The van der Waals surface area contributed by atoms with Crippen molar-refractivity contribution < 1.29 is 0 Å². The van der Waals surface area contributed by atoms with Crippen molar-refractivity contribution in [2.24, 2.45) is 0 Å². The molecule has 0 aromatic heterocycles. The van der Waals surface area contributed by atoms with Gasteiger partial charge in [0.25, 0.3) is 0 Å². The molecule has 0 radical (unpaired) electrons. The fourth-order valence-electron chi connectivity index (χ4n) is 2.47. The summed E-state index contributed by atoms with van der Waals surface area (Å²) in [5.74, 6) is 0. The molecule has 0 aliphatic rings. The molecule has 0 spiro atoms. The van der Waals surface area contributed by atoms with Gasteiger partial charge in [0.05, 0.1) is 0 Å². The summed E-state index contributed by atoms with van der Waals surface area (Å²) in [5.41, 5.74) is 3.61. The van der Waals surface area contributed by atoms with E-state index in [0.717, 1.165) is 0 Å². The third kappa shape index (κ3) is 8.60. The van der Waals surface area contributed by atoms with Crippen LogP contribution in [0.5, 0.6) is 0 Å². The summed E-state index contributed by atoms with van der Waals surface area (Å²) in [5, 5.41) is 0. The zero-order valence-corrected chi connectivity index (χ0v) is 18.0. The maximum absolute atomic E-state index is 4.19. The molecule has 0 saturated heterocycles. The van der Waals surface area contributed by atoms with Gasteiger partial charge in [-0.2, -0.15) is 0 Å². The molecular weight excluding hydrogens is 284 g/mol. The van der Waals surface area contributed by atoms with Crippen LogP contribution in [-0.2, 0) is 0 Å². The second-order valence-corrected chi connectivity index (χ2v) is 28.5. The minimum atomic E-state index is -1.73. The molecule has 6 heteroatoms. The molecular formula is C12H34N2Si4. The molecule has 2 N–H and O–H groups in total. The highest BCUT2D eigenvalue weighted by atomic mass is 28.5. The van der Waals surface area contributed by atoms with Gasteiger partial charge < -0.3 is 9.30 Å². The van der Waals surface area contributed by atoms with Crippen LogP contribution in [0.4, 0.5) is 0 Å². The van der Waals surface area contributed by atoms with Crippen molar-refractivity contribution in [3.63, 3.8) is 0 Å². The standard InChI is InChI=1S/C12H34N2Si4/c1-11-18(12-15(2,3)4,13-16(5,6)7)14-17(8,9)10/h11,13-14H,1,12H2,2-10H3. The fourth-order valence-corrected chi connectivity index (χ4v) is 24.4. The Hall–Kier alpha value is 0.528. The molecule has 0 bridgehead atoms. The van der Waals surface area contributed by atoms with Crippen molar-refractivity contribution in [2.75, 3.05) is 0 Å². The topological polar surface area (TPSA) is 24.1 Å². The maximum Gasteiger partial charge on any atom is 0.210 e. The Balaban J connectivity index is 5.27. The lowest BCUT2D eigenvalue weighted by atomic mass is 11.3. The summed E-state index contributed by atoms with van der Waals surface area (Å²) in [4.78, 5) is 0. The highest BCUT2D eigenvalue weighted by molar-refractivity contribution is 7.05. The van der Waals surface area contributed by atoms with Gasteiger partial charge in [0.2, 0.25) is 8.40 Å². The first-order chi connectivity index (χ1) is 7.68. The van der Waals surface area contributed by atoms with E-state index in [1.807, 2.05) is 0 Å². The molecule has 0 atom stereocenters. The third-order valence-corrected chi connectivity index (χ3v) is 19.1. The number of hydrogen-bond donors (Lipinski definition) is 2. The van der Waals surface area contributed by atoms with Gasteiger partial charge in [0.1, 0.15) is 16.5 Å². The van der Waals surface area contributed by atoms with Crippen molar-refractivity contribution >= 4 is 32.9 Å². The zero-order chi connectivity index (χ0) is 14.8. The van der Waals surface area contributed by atoms with Crippen LogP contribution in [0.15, 0.2) is 12.3 Å². The van der Waals surface area contributed by atoms with Gasteiger partial charge in [0.15, 0.2) is 0 Å². The van der Waals surface area contributed by atoms with Crippen molar-refractivity contribution in [1.29, 1.82) is 0 Å². The van der Waals surface area contributed by atoms with Gasteiger partial charge in [-0.05, 0) is 5.67 Å². The van der Waals surface area contributed by atoms with Crippen LogP contribution in [0.1, 0.15) is 0 Å². The minimum absolute atomic E-state index is 1.10. The fraction of sp³-hybridized carbons (Fsp3) is 0.833. The Morgan fingerprint density at radius 1 is 0.778 bits per heavy atom. The molecule has 108 valence electrons. The second kappa shape index (κ2) is 5.88. The van der Waals surface area contributed by atoms with E-state index in [4.69, 9.17) is 0 Å². The number of rotatable bonds is 7. The van der Waals surface area contributed by atoms with Crippen LogP contribution in [0, 0.1) is 0 Å². The average Bonchev–Trinajstić information content (AvgIpc) is 1.93. The van der Waals surface area contributed by atoms with Crippen molar-refractivity contribution in [3.05, 3.63) is 12.3 Å². The van der Waals surface area contributed by atoms with Crippen molar-refractivity contribution in [3.8, 4) is 0 Å². The summed E-state index contributed by atoms with van der Waals surface area (Å²) >= 11 is 0. The van der Waals surface area contributed by atoms with E-state index in [1.165, 1.54) is 5.67 Å². The predicted octanol–water partition coefficient (Wildman–Crippen LogP) is 3.88. The first-order valence-electron chi connectivity index (χ1n) is 6.90. The van der Waals surface area contributed by atoms with Gasteiger partial charge in [-0.1, -0.05) is 64.6 Å². The quantitative estimate of drug-likeness (QED) is 0.696. The van der Waals surface area contributed by atoms with E-state index in [2.05, 4.69) is 80.5 Å². The van der Waals surface area contributed by atoms with Gasteiger partial charge >= 0.3 is 0 Å². The lowest BCUT2D eigenvalue weighted by Gasteiger charge is -2.43. The van der Waals surface area contributed by atoms with E-state index < -0.39 is 32.9 Å². The molecule has 0 aliphatic carbocycles. The largest absolute Gasteiger partial charge is 0.345 e. The van der Waals surface area contributed by atoms with Gasteiger partial charge in [-0.3, -0.25) is 0 Å². The average molecular weight is 319 g/mol. The molecule has 0 fully saturated rings. The van der Waals surface area contributed by atoms with E-state index in [-0.39, 0.29) is 0 Å². The summed E-state index contributed by atoms with van der Waals surface area (Å²) in [7, 11) is -5.41. The van der Waals surface area contributed by atoms with E-state index in [0.29, 0.717) is 0 Å². The minimum Gasteiger partial charge on any atom is -0.345 e. The molecule has 0 aromatic carbocycles. The van der Waals surface area contributed by atoms with Gasteiger partial charge in [0, 0.05) is 8.07 Å². The first kappa shape index (κ1) is 18.5. The van der Waals surface area contributed by atoms with Crippen LogP contribution in [-0.4, -0.2) is 32.9 Å². The van der Waals surface area contributed by atoms with Crippen molar-refractivity contribution in [1.82, 2.24) is 9.30 Å². The summed E-state index contributed by atoms with van der Waals surface area (Å²) < 4.78 is 8.10. The summed E-state index contributed by atoms with van der Waals surface area (Å²) in [6, 6.07) is 0. The Kier molecular flexibility index (Phi) is 6.06. The molecule has 2 nitrogen and oxygen atoms in total. The third-order valence-electron chi connectivity index (χ3n) is 2.35. The summed E-state index contributed by atoms with van der Waals surface area (Å²) in [6.45, 7) is 26.0. The molecule has 18 heavy (non-hydrogen) atoms. The highest BCUT2D eigenvalue weighted by Crippen LogP contribution is 2.20. The van der Waals surface area contributed by atoms with Crippen LogP contribution in [0.2, 0.25) is 64.6 Å². The smallest absolute Gasteiger partial charge is 0.210 e. The Labute approximate surface area is 119 Å². The lowest BCUT2D eigenvalue weighted by molar-refractivity contribution is 1.18. The van der Waals surface area contributed by atoms with Crippen molar-refractivity contribution in [2.45, 2.75) is 64.6 Å². The maximum atomic E-state index is 4.19. The molecule has 0 heterocycles. The molecule has 0 rings (SSSR count). The molecule has 0 unspecified atom stereocenters. The molecule has 0 aromatic rings. The van der Waals surface area contributed by atoms with Crippen LogP contribution in [0.3, 0.4) is 0 Å². The van der Waals surface area contributed by atoms with E-state index in [9.17, 15) is 0 Å². The van der Waals surface area contributed by atoms with Crippen LogP contribution < -0.4 is 9.30 Å².